The van der Waals surface area contributed by atoms with Gasteiger partial charge in [-0.15, -0.1) is 0 Å². The Hall–Kier alpha value is -0.400. The Kier molecular flexibility index (Phi) is 12.0. The quantitative estimate of drug-likeness (QED) is 0.261. The molecule has 3 heterocycles. The lowest BCUT2D eigenvalue weighted by molar-refractivity contribution is -0.324. The largest absolute Gasteiger partial charge is 0.394 e. The zero-order valence-corrected chi connectivity index (χ0v) is 25.7. The monoisotopic (exact) mass is 616 g/mol. The first-order chi connectivity index (χ1) is 20.0. The van der Waals surface area contributed by atoms with Crippen molar-refractivity contribution in [2.24, 2.45) is 35.0 Å². The highest BCUT2D eigenvalue weighted by Gasteiger charge is 2.55. The Morgan fingerprint density at radius 3 is 2.33 bits per heavy atom. The van der Waals surface area contributed by atoms with Crippen LogP contribution in [0.15, 0.2) is 0 Å². The van der Waals surface area contributed by atoms with Crippen LogP contribution < -0.4 is 0 Å². The van der Waals surface area contributed by atoms with Crippen molar-refractivity contribution in [1.82, 2.24) is 0 Å². The molecule has 0 unspecified atom stereocenters. The molecule has 252 valence electrons. The molecule has 2 saturated carbocycles. The van der Waals surface area contributed by atoms with E-state index in [1.165, 1.54) is 0 Å². The second-order valence-electron chi connectivity index (χ2n) is 14.7. The van der Waals surface area contributed by atoms with Gasteiger partial charge in [-0.3, -0.25) is 0 Å². The SMILES string of the molecule is C.C[C@@H]1CC[C@@H]2[C@H](CC[C@@H]3C[C@H](O[C@H]4O[C@@H](CO)[C@H](O)[C@@H](O)[C@@H]4O)[C@@H](O)C[C@]32C)C[C@@H](O)CO[C@@]2(CCCCO2)[C@@H](C)C1. The van der Waals surface area contributed by atoms with Gasteiger partial charge >= 0.3 is 0 Å². The van der Waals surface area contributed by atoms with Crippen LogP contribution in [0.5, 0.6) is 0 Å². The van der Waals surface area contributed by atoms with Gasteiger partial charge in [0.15, 0.2) is 12.1 Å². The maximum Gasteiger partial charge on any atom is 0.187 e. The second kappa shape index (κ2) is 14.6. The third kappa shape index (κ3) is 7.29. The molecule has 5 fully saturated rings. The Morgan fingerprint density at radius 1 is 0.860 bits per heavy atom. The summed E-state index contributed by atoms with van der Waals surface area (Å²) in [4.78, 5) is 0. The van der Waals surface area contributed by atoms with E-state index in [0.29, 0.717) is 43.6 Å². The highest BCUT2D eigenvalue weighted by atomic mass is 16.7. The molecule has 10 heteroatoms. The third-order valence-electron chi connectivity index (χ3n) is 11.8. The van der Waals surface area contributed by atoms with Crippen LogP contribution in [0.2, 0.25) is 0 Å². The second-order valence-corrected chi connectivity index (χ2v) is 14.7. The lowest BCUT2D eigenvalue weighted by atomic mass is 9.50. The number of hydrogen-bond acceptors (Lipinski definition) is 10. The predicted molar refractivity (Wildman–Crippen MR) is 160 cm³/mol. The summed E-state index contributed by atoms with van der Waals surface area (Å²) in [5.41, 5.74) is -0.138. The molecule has 3 aliphatic heterocycles. The molecule has 3 saturated heterocycles. The van der Waals surface area contributed by atoms with Crippen LogP contribution >= 0.6 is 0 Å². The van der Waals surface area contributed by atoms with Crippen molar-refractivity contribution < 1.29 is 49.6 Å². The average Bonchev–Trinajstić information content (AvgIpc) is 2.96. The smallest absolute Gasteiger partial charge is 0.187 e. The average molecular weight is 617 g/mol. The van der Waals surface area contributed by atoms with Gasteiger partial charge in [-0.2, -0.15) is 0 Å². The van der Waals surface area contributed by atoms with E-state index in [4.69, 9.17) is 18.9 Å². The number of aliphatic hydroxyl groups is 6. The number of ether oxygens (including phenoxy) is 4. The van der Waals surface area contributed by atoms with Crippen molar-refractivity contribution >= 4 is 0 Å². The molecular formula is C33H60O10. The van der Waals surface area contributed by atoms with E-state index >= 15 is 0 Å². The zero-order valence-electron chi connectivity index (χ0n) is 25.7. The van der Waals surface area contributed by atoms with E-state index in [1.54, 1.807) is 0 Å². The lowest BCUT2D eigenvalue weighted by Gasteiger charge is -2.57. The summed E-state index contributed by atoms with van der Waals surface area (Å²) >= 11 is 0. The van der Waals surface area contributed by atoms with E-state index in [1.807, 2.05) is 0 Å². The molecule has 2 aliphatic carbocycles. The van der Waals surface area contributed by atoms with Crippen molar-refractivity contribution in [3.63, 3.8) is 0 Å². The van der Waals surface area contributed by atoms with Crippen molar-refractivity contribution in [3.05, 3.63) is 0 Å². The minimum absolute atomic E-state index is 0. The molecule has 0 aromatic heterocycles. The van der Waals surface area contributed by atoms with E-state index in [0.717, 1.165) is 51.4 Å². The molecule has 0 aromatic carbocycles. The van der Waals surface area contributed by atoms with Crippen molar-refractivity contribution in [1.29, 1.82) is 0 Å². The van der Waals surface area contributed by atoms with E-state index in [2.05, 4.69) is 20.8 Å². The van der Waals surface area contributed by atoms with Crippen LogP contribution in [0, 0.1) is 35.0 Å². The topological polar surface area (TPSA) is 158 Å². The van der Waals surface area contributed by atoms with Gasteiger partial charge in [-0.25, -0.2) is 0 Å². The van der Waals surface area contributed by atoms with Crippen LogP contribution in [0.1, 0.15) is 98.8 Å². The summed E-state index contributed by atoms with van der Waals surface area (Å²) in [6, 6.07) is 0. The fourth-order valence-corrected chi connectivity index (χ4v) is 9.31. The van der Waals surface area contributed by atoms with Gasteiger partial charge in [0, 0.05) is 12.3 Å². The van der Waals surface area contributed by atoms with E-state index in [-0.39, 0.29) is 31.3 Å². The Labute approximate surface area is 258 Å². The minimum atomic E-state index is -1.52. The normalized spacial score (nSPS) is 51.7. The molecule has 5 rings (SSSR count). The number of fused-ring (bicyclic) bond motifs is 3. The summed E-state index contributed by atoms with van der Waals surface area (Å²) in [5, 5.41) is 63.0. The van der Waals surface area contributed by atoms with Crippen LogP contribution in [-0.2, 0) is 18.9 Å². The van der Waals surface area contributed by atoms with Gasteiger partial charge in [0.25, 0.3) is 0 Å². The molecule has 15 atom stereocenters. The van der Waals surface area contributed by atoms with Crippen molar-refractivity contribution in [2.45, 2.75) is 154 Å². The van der Waals surface area contributed by atoms with E-state index in [9.17, 15) is 30.6 Å². The fourth-order valence-electron chi connectivity index (χ4n) is 9.31. The third-order valence-corrected chi connectivity index (χ3v) is 11.8. The molecular weight excluding hydrogens is 556 g/mol. The predicted octanol–water partition coefficient (Wildman–Crippen LogP) is 2.73. The standard InChI is InChI=1S/C32H56O10.CH4/c1-18-6-9-23-20(13-22(34)17-40-32(19(2)12-18)10-4-5-11-39-32)7-8-21-14-25(24(35)15-31(21,23)3)41-30-29(38)28(37)27(36)26(16-33)42-30;/h18-30,33-38H,4-17H2,1-3H3;1H4/t18-,19+,20-,21-,22-,23-,24+,25+,26+,27+,28-,29+,30+,31-,32+;/m1./s1. The molecule has 0 aromatic rings. The summed E-state index contributed by atoms with van der Waals surface area (Å²) in [7, 11) is 0. The fraction of sp³-hybridized carbons (Fsp3) is 1.00. The summed E-state index contributed by atoms with van der Waals surface area (Å²) in [6.45, 7) is 7.32. The summed E-state index contributed by atoms with van der Waals surface area (Å²) < 4.78 is 24.4. The first kappa shape index (κ1) is 35.5. The van der Waals surface area contributed by atoms with Crippen molar-refractivity contribution in [2.75, 3.05) is 19.8 Å². The molecule has 43 heavy (non-hydrogen) atoms. The number of aliphatic hydroxyl groups excluding tert-OH is 6. The van der Waals surface area contributed by atoms with Crippen LogP contribution in [0.4, 0.5) is 0 Å². The number of hydrogen-bond donors (Lipinski definition) is 6. The molecule has 1 spiro atoms. The molecule has 6 N–H and O–H groups in total. The maximum absolute atomic E-state index is 11.4. The van der Waals surface area contributed by atoms with Crippen molar-refractivity contribution in [3.8, 4) is 0 Å². The Morgan fingerprint density at radius 2 is 1.63 bits per heavy atom. The lowest BCUT2D eigenvalue weighted by Crippen LogP contribution is -2.61. The zero-order chi connectivity index (χ0) is 30.2. The van der Waals surface area contributed by atoms with Gasteiger partial charge in [-0.05, 0) is 86.9 Å². The van der Waals surface area contributed by atoms with E-state index < -0.39 is 61.4 Å². The van der Waals surface area contributed by atoms with Gasteiger partial charge in [0.05, 0.1) is 38.1 Å². The van der Waals surface area contributed by atoms with Gasteiger partial charge in [0.1, 0.15) is 24.4 Å². The Balaban J connectivity index is 0.00000423. The van der Waals surface area contributed by atoms with Gasteiger partial charge < -0.3 is 49.6 Å². The molecule has 0 bridgehead atoms. The van der Waals surface area contributed by atoms with Crippen LogP contribution in [-0.4, -0.2) is 105 Å². The highest BCUT2D eigenvalue weighted by Crippen LogP contribution is 2.58. The highest BCUT2D eigenvalue weighted by molar-refractivity contribution is 5.03. The molecule has 10 nitrogen and oxygen atoms in total. The summed E-state index contributed by atoms with van der Waals surface area (Å²) in [5.74, 6) is 1.08. The molecule has 0 amide bonds. The molecule has 0 radical (unpaired) electrons. The summed E-state index contributed by atoms with van der Waals surface area (Å²) in [6.07, 6.45) is 1.14. The van der Waals surface area contributed by atoms with Crippen LogP contribution in [0.25, 0.3) is 0 Å². The van der Waals surface area contributed by atoms with Gasteiger partial charge in [0.2, 0.25) is 0 Å². The maximum atomic E-state index is 11.4. The Bertz CT molecular complexity index is 867. The minimum Gasteiger partial charge on any atom is -0.394 e. The van der Waals surface area contributed by atoms with Gasteiger partial charge in [-0.1, -0.05) is 34.6 Å². The first-order valence-corrected chi connectivity index (χ1v) is 16.6. The molecule has 5 aliphatic rings. The van der Waals surface area contributed by atoms with Crippen LogP contribution in [0.3, 0.4) is 0 Å². The first-order valence-electron chi connectivity index (χ1n) is 16.6. The number of rotatable bonds is 3.